The minimum absolute atomic E-state index is 0.0861. The summed E-state index contributed by atoms with van der Waals surface area (Å²) < 4.78 is 27.0. The molecular weight excluding hydrogens is 302 g/mol. The number of likely N-dealkylation sites (tertiary alicyclic amines) is 1. The van der Waals surface area contributed by atoms with E-state index in [1.54, 1.807) is 14.0 Å². The highest BCUT2D eigenvalue weighted by molar-refractivity contribution is 7.89. The van der Waals surface area contributed by atoms with E-state index < -0.39 is 16.1 Å². The van der Waals surface area contributed by atoms with Crippen molar-refractivity contribution in [1.29, 1.82) is 0 Å². The van der Waals surface area contributed by atoms with Gasteiger partial charge in [-0.2, -0.15) is 4.72 Å². The maximum absolute atomic E-state index is 12.3. The third kappa shape index (κ3) is 2.74. The number of benzene rings is 1. The van der Waals surface area contributed by atoms with E-state index in [0.29, 0.717) is 24.2 Å². The number of carbonyl (C=O) groups excluding carboxylic acids is 1. The van der Waals surface area contributed by atoms with Gasteiger partial charge in [0.15, 0.2) is 0 Å². The zero-order valence-electron chi connectivity index (χ0n) is 11.2. The Kier molecular flexibility index (Phi) is 3.95. The lowest BCUT2D eigenvalue weighted by molar-refractivity contribution is -0.127. The fourth-order valence-electron chi connectivity index (χ4n) is 2.06. The van der Waals surface area contributed by atoms with Crippen molar-refractivity contribution < 1.29 is 13.2 Å². The highest BCUT2D eigenvalue weighted by atomic mass is 35.5. The molecule has 110 valence electrons. The Hall–Kier alpha value is -1.31. The highest BCUT2D eigenvalue weighted by Crippen LogP contribution is 2.27. The molecule has 1 heterocycles. The second-order valence-corrected chi connectivity index (χ2v) is 6.95. The number of sulfonamides is 1. The smallest absolute Gasteiger partial charge is 0.242 e. The molecule has 2 rings (SSSR count). The van der Waals surface area contributed by atoms with Crippen LogP contribution in [0.25, 0.3) is 0 Å². The van der Waals surface area contributed by atoms with Crippen molar-refractivity contribution in [3.63, 3.8) is 0 Å². The van der Waals surface area contributed by atoms with Gasteiger partial charge in [-0.3, -0.25) is 4.79 Å². The third-order valence-corrected chi connectivity index (χ3v) is 5.27. The summed E-state index contributed by atoms with van der Waals surface area (Å²) in [6.07, 6.45) is 0.438. The van der Waals surface area contributed by atoms with Crippen LogP contribution in [0.1, 0.15) is 12.0 Å². The molecule has 0 radical (unpaired) electrons. The van der Waals surface area contributed by atoms with Crippen molar-refractivity contribution in [1.82, 2.24) is 9.62 Å². The molecule has 6 nitrogen and oxygen atoms in total. The molecule has 1 aliphatic rings. The molecule has 1 unspecified atom stereocenters. The van der Waals surface area contributed by atoms with E-state index in [0.717, 1.165) is 0 Å². The Morgan fingerprint density at radius 1 is 1.45 bits per heavy atom. The molecule has 1 saturated heterocycles. The molecular formula is C12H16ClN3O3S. The first kappa shape index (κ1) is 15.1. The van der Waals surface area contributed by atoms with Crippen LogP contribution in [-0.2, 0) is 14.8 Å². The van der Waals surface area contributed by atoms with Gasteiger partial charge in [-0.1, -0.05) is 11.6 Å². The van der Waals surface area contributed by atoms with Crippen LogP contribution in [0.2, 0.25) is 5.02 Å². The average molecular weight is 318 g/mol. The number of nitrogens with two attached hydrogens (primary N) is 1. The number of nitrogens with zero attached hydrogens (tertiary/aromatic N) is 1. The van der Waals surface area contributed by atoms with Gasteiger partial charge in [-0.15, -0.1) is 0 Å². The van der Waals surface area contributed by atoms with E-state index in [2.05, 4.69) is 4.72 Å². The average Bonchev–Trinajstić information content (AvgIpc) is 2.65. The summed E-state index contributed by atoms with van der Waals surface area (Å²) in [5.41, 5.74) is 6.75. The van der Waals surface area contributed by atoms with E-state index in [1.165, 1.54) is 17.0 Å². The van der Waals surface area contributed by atoms with Crippen LogP contribution in [0, 0.1) is 6.92 Å². The fraction of sp³-hybridized carbons (Fsp3) is 0.417. The molecule has 3 N–H and O–H groups in total. The van der Waals surface area contributed by atoms with E-state index in [1.807, 2.05) is 0 Å². The summed E-state index contributed by atoms with van der Waals surface area (Å²) in [5.74, 6) is -0.246. The zero-order chi connectivity index (χ0) is 15.1. The van der Waals surface area contributed by atoms with Crippen molar-refractivity contribution in [2.24, 2.45) is 0 Å². The predicted molar refractivity (Wildman–Crippen MR) is 77.0 cm³/mol. The topological polar surface area (TPSA) is 92.5 Å². The first-order valence-corrected chi connectivity index (χ1v) is 7.91. The number of amides is 1. The summed E-state index contributed by atoms with van der Waals surface area (Å²) in [5, 5.41) is 0.0861. The van der Waals surface area contributed by atoms with Crippen LogP contribution in [0.15, 0.2) is 17.0 Å². The van der Waals surface area contributed by atoms with Crippen molar-refractivity contribution in [2.75, 3.05) is 19.3 Å². The molecule has 1 amide bonds. The molecule has 1 fully saturated rings. The SMILES string of the molecule is Cc1cc(Cl)c(S(=O)(=O)NC2CCN(C)C2=O)cc1N. The fourth-order valence-corrected chi connectivity index (χ4v) is 3.90. The van der Waals surface area contributed by atoms with Crippen LogP contribution in [0.4, 0.5) is 5.69 Å². The number of anilines is 1. The third-order valence-electron chi connectivity index (χ3n) is 3.33. The van der Waals surface area contributed by atoms with Gasteiger partial charge < -0.3 is 10.6 Å². The zero-order valence-corrected chi connectivity index (χ0v) is 12.8. The Morgan fingerprint density at radius 3 is 2.65 bits per heavy atom. The van der Waals surface area contributed by atoms with Crippen molar-refractivity contribution in [3.8, 4) is 0 Å². The quantitative estimate of drug-likeness (QED) is 0.804. The Morgan fingerprint density at radius 2 is 2.10 bits per heavy atom. The number of nitrogen functional groups attached to an aromatic ring is 1. The molecule has 0 bridgehead atoms. The van der Waals surface area contributed by atoms with Gasteiger partial charge in [0.25, 0.3) is 0 Å². The molecule has 1 aromatic rings. The summed E-state index contributed by atoms with van der Waals surface area (Å²) in [6, 6.07) is 2.06. The Balaban J connectivity index is 2.32. The van der Waals surface area contributed by atoms with Gasteiger partial charge in [0, 0.05) is 19.3 Å². The lowest BCUT2D eigenvalue weighted by Gasteiger charge is -2.14. The van der Waals surface area contributed by atoms with Gasteiger partial charge in [0.1, 0.15) is 10.9 Å². The van der Waals surface area contributed by atoms with Crippen LogP contribution in [0.5, 0.6) is 0 Å². The molecule has 1 atom stereocenters. The largest absolute Gasteiger partial charge is 0.398 e. The van der Waals surface area contributed by atoms with Gasteiger partial charge in [-0.05, 0) is 31.0 Å². The second kappa shape index (κ2) is 5.23. The predicted octanol–water partition coefficient (Wildman–Crippen LogP) is 0.740. The van der Waals surface area contributed by atoms with Gasteiger partial charge in [0.2, 0.25) is 15.9 Å². The minimum Gasteiger partial charge on any atom is -0.398 e. The first-order chi connectivity index (χ1) is 9.22. The molecule has 8 heteroatoms. The number of rotatable bonds is 3. The standard InChI is InChI=1S/C12H16ClN3O3S/c1-7-5-8(13)11(6-9(7)14)20(18,19)15-10-3-4-16(2)12(10)17/h5-6,10,15H,3-4,14H2,1-2H3. The van der Waals surface area contributed by atoms with Crippen LogP contribution >= 0.6 is 11.6 Å². The summed E-state index contributed by atoms with van der Waals surface area (Å²) in [7, 11) is -2.25. The van der Waals surface area contributed by atoms with Gasteiger partial charge in [0.05, 0.1) is 5.02 Å². The van der Waals surface area contributed by atoms with Crippen LogP contribution in [0.3, 0.4) is 0 Å². The van der Waals surface area contributed by atoms with E-state index in [-0.39, 0.29) is 15.8 Å². The summed E-state index contributed by atoms with van der Waals surface area (Å²) >= 11 is 5.97. The second-order valence-electron chi connectivity index (χ2n) is 4.86. The lowest BCUT2D eigenvalue weighted by atomic mass is 10.2. The van der Waals surface area contributed by atoms with Gasteiger partial charge in [-0.25, -0.2) is 8.42 Å². The molecule has 0 aliphatic carbocycles. The van der Waals surface area contributed by atoms with E-state index >= 15 is 0 Å². The molecule has 20 heavy (non-hydrogen) atoms. The highest BCUT2D eigenvalue weighted by Gasteiger charge is 2.33. The first-order valence-electron chi connectivity index (χ1n) is 6.05. The number of nitrogens with one attached hydrogen (secondary N) is 1. The van der Waals surface area contributed by atoms with E-state index in [4.69, 9.17) is 17.3 Å². The van der Waals surface area contributed by atoms with Crippen LogP contribution in [-0.4, -0.2) is 38.9 Å². The van der Waals surface area contributed by atoms with E-state index in [9.17, 15) is 13.2 Å². The van der Waals surface area contributed by atoms with Crippen molar-refractivity contribution in [2.45, 2.75) is 24.3 Å². The minimum atomic E-state index is -3.88. The molecule has 0 saturated carbocycles. The Bertz CT molecular complexity index is 660. The van der Waals surface area contributed by atoms with Crippen molar-refractivity contribution in [3.05, 3.63) is 22.7 Å². The molecule has 0 aromatic heterocycles. The normalized spacial score (nSPS) is 19.6. The number of likely N-dealkylation sites (N-methyl/N-ethyl adjacent to an activating group) is 1. The number of hydrogen-bond acceptors (Lipinski definition) is 4. The summed E-state index contributed by atoms with van der Waals surface area (Å²) in [6.45, 7) is 2.26. The van der Waals surface area contributed by atoms with Crippen LogP contribution < -0.4 is 10.5 Å². The summed E-state index contributed by atoms with van der Waals surface area (Å²) in [4.78, 5) is 13.1. The molecule has 0 spiro atoms. The number of halogens is 1. The molecule has 1 aromatic carbocycles. The lowest BCUT2D eigenvalue weighted by Crippen LogP contribution is -2.40. The maximum atomic E-state index is 12.3. The number of carbonyl (C=O) groups is 1. The Labute approximate surface area is 122 Å². The number of aryl methyl sites for hydroxylation is 1. The maximum Gasteiger partial charge on any atom is 0.242 e. The monoisotopic (exact) mass is 317 g/mol. The van der Waals surface area contributed by atoms with Gasteiger partial charge >= 0.3 is 0 Å². The molecule has 1 aliphatic heterocycles. The van der Waals surface area contributed by atoms with Crippen molar-refractivity contribution >= 4 is 33.2 Å². The number of hydrogen-bond donors (Lipinski definition) is 2.